The summed E-state index contributed by atoms with van der Waals surface area (Å²) in [6.07, 6.45) is 1.33. The lowest BCUT2D eigenvalue weighted by molar-refractivity contribution is -0.117. The molecule has 39 heavy (non-hydrogen) atoms. The minimum Gasteiger partial charge on any atom is -0.384 e. The van der Waals surface area contributed by atoms with Gasteiger partial charge in [0.25, 0.3) is 15.6 Å². The van der Waals surface area contributed by atoms with Gasteiger partial charge in [-0.15, -0.1) is 0 Å². The summed E-state index contributed by atoms with van der Waals surface area (Å²) in [6, 6.07) is 20.4. The number of nitrogen functional groups attached to an aromatic ring is 1. The lowest BCUT2D eigenvalue weighted by atomic mass is 9.95. The van der Waals surface area contributed by atoms with E-state index in [1.165, 1.54) is 22.9 Å². The molecule has 0 unspecified atom stereocenters. The van der Waals surface area contributed by atoms with Gasteiger partial charge in [-0.2, -0.15) is 8.42 Å². The summed E-state index contributed by atoms with van der Waals surface area (Å²) in [7, 11) is -4.24. The second kappa shape index (κ2) is 11.3. The number of aromatic nitrogens is 2. The number of hydrogen-bond acceptors (Lipinski definition) is 6. The number of pyridine rings is 2. The van der Waals surface area contributed by atoms with E-state index in [9.17, 15) is 18.0 Å². The Morgan fingerprint density at radius 1 is 0.949 bits per heavy atom. The third kappa shape index (κ3) is 6.21. The van der Waals surface area contributed by atoms with Crippen LogP contribution in [0.15, 0.2) is 88.8 Å². The van der Waals surface area contributed by atoms with E-state index in [2.05, 4.69) is 9.71 Å². The van der Waals surface area contributed by atoms with Gasteiger partial charge in [-0.05, 0) is 41.3 Å². The Kier molecular flexibility index (Phi) is 7.91. The highest BCUT2D eigenvalue weighted by Crippen LogP contribution is 2.26. The lowest BCUT2D eigenvalue weighted by Gasteiger charge is -2.22. The van der Waals surface area contributed by atoms with Gasteiger partial charge >= 0.3 is 0 Å². The van der Waals surface area contributed by atoms with Gasteiger partial charge in [0.1, 0.15) is 11.5 Å². The number of benzene rings is 2. The summed E-state index contributed by atoms with van der Waals surface area (Å²) in [5.41, 5.74) is 13.8. The topological polar surface area (TPSA) is 174 Å². The number of nitrogens with two attached hydrogens (primary N) is 2. The predicted octanol–water partition coefficient (Wildman–Crippen LogP) is 2.30. The maximum Gasteiger partial charge on any atom is 0.279 e. The van der Waals surface area contributed by atoms with Gasteiger partial charge in [-0.25, -0.2) is 4.98 Å². The molecule has 0 radical (unpaired) electrons. The van der Waals surface area contributed by atoms with Crippen LogP contribution in [0.2, 0.25) is 0 Å². The molecule has 0 aliphatic carbocycles. The Bertz CT molecular complexity index is 1680. The molecule has 2 heterocycles. The van der Waals surface area contributed by atoms with Gasteiger partial charge in [0.2, 0.25) is 5.91 Å². The smallest absolute Gasteiger partial charge is 0.279 e. The molecule has 0 fully saturated rings. The Hall–Kier alpha value is -4.77. The lowest BCUT2D eigenvalue weighted by Crippen LogP contribution is -2.32. The molecule has 2 aromatic carbocycles. The van der Waals surface area contributed by atoms with Crippen molar-refractivity contribution in [1.82, 2.24) is 9.55 Å². The molecule has 0 aliphatic heterocycles. The third-order valence-corrected chi connectivity index (χ3v) is 7.56. The molecule has 0 bridgehead atoms. The van der Waals surface area contributed by atoms with Gasteiger partial charge < -0.3 is 16.0 Å². The quantitative estimate of drug-likeness (QED) is 0.176. The number of sulfonamides is 1. The molecule has 0 saturated carbocycles. The van der Waals surface area contributed by atoms with Crippen molar-refractivity contribution >= 4 is 27.5 Å². The molecular weight excluding hydrogens is 516 g/mol. The molecule has 4 rings (SSSR count). The second-order valence-electron chi connectivity index (χ2n) is 9.00. The standard InChI is InChI=1S/C28H28N6O4S/c1-18-22(16-24(29)35)23(15-19-7-3-2-4-8-19)26(33-39(37,38)25-9-5-6-14-32-25)28(36)34(18)17-20-10-12-21(13-11-20)27(30)31/h2-14,33H,15-17H2,1H3,(H2,29,35)(H3,30,31). The zero-order chi connectivity index (χ0) is 28.2. The van der Waals surface area contributed by atoms with Crippen molar-refractivity contribution in [2.45, 2.75) is 31.3 Å². The fraction of sp³-hybridized carbons (Fsp3) is 0.143. The molecule has 0 spiro atoms. The number of amidine groups is 1. The molecule has 6 N–H and O–H groups in total. The molecule has 200 valence electrons. The number of nitrogens with one attached hydrogen (secondary N) is 2. The van der Waals surface area contributed by atoms with Crippen LogP contribution in [0.4, 0.5) is 5.69 Å². The van der Waals surface area contributed by atoms with E-state index in [0.717, 1.165) is 5.56 Å². The number of rotatable bonds is 10. The van der Waals surface area contributed by atoms with Gasteiger partial charge in [-0.1, -0.05) is 60.7 Å². The Labute approximate surface area is 225 Å². The minimum atomic E-state index is -4.24. The second-order valence-corrected chi connectivity index (χ2v) is 10.6. The summed E-state index contributed by atoms with van der Waals surface area (Å²) in [6.45, 7) is 1.79. The van der Waals surface area contributed by atoms with Crippen molar-refractivity contribution in [1.29, 1.82) is 5.41 Å². The number of nitrogens with zero attached hydrogens (tertiary/aromatic N) is 2. The SMILES string of the molecule is Cc1c(CC(N)=O)c(Cc2ccccc2)c(NS(=O)(=O)c2ccccn2)c(=O)n1Cc1ccc(C(=N)N)cc1. The van der Waals surface area contributed by atoms with Crippen LogP contribution >= 0.6 is 0 Å². The summed E-state index contributed by atoms with van der Waals surface area (Å²) < 4.78 is 30.5. The van der Waals surface area contributed by atoms with Gasteiger partial charge in [0.15, 0.2) is 5.03 Å². The van der Waals surface area contributed by atoms with Crippen molar-refractivity contribution < 1.29 is 13.2 Å². The molecule has 0 saturated heterocycles. The van der Waals surface area contributed by atoms with Gasteiger partial charge in [0.05, 0.1) is 13.0 Å². The summed E-state index contributed by atoms with van der Waals surface area (Å²) >= 11 is 0. The first-order chi connectivity index (χ1) is 18.6. The van der Waals surface area contributed by atoms with E-state index in [0.29, 0.717) is 27.9 Å². The van der Waals surface area contributed by atoms with Crippen molar-refractivity contribution in [2.75, 3.05) is 4.72 Å². The van der Waals surface area contributed by atoms with Gasteiger partial charge in [0, 0.05) is 23.9 Å². The molecule has 0 atom stereocenters. The van der Waals surface area contributed by atoms with Crippen molar-refractivity contribution in [2.24, 2.45) is 11.5 Å². The van der Waals surface area contributed by atoms with Crippen LogP contribution in [0.3, 0.4) is 0 Å². The summed E-state index contributed by atoms with van der Waals surface area (Å²) in [5.74, 6) is -0.711. The highest BCUT2D eigenvalue weighted by atomic mass is 32.2. The molecule has 4 aromatic rings. The largest absolute Gasteiger partial charge is 0.384 e. The maximum atomic E-state index is 14.0. The average Bonchev–Trinajstić information content (AvgIpc) is 2.92. The van der Waals surface area contributed by atoms with Crippen LogP contribution in [-0.2, 0) is 34.2 Å². The summed E-state index contributed by atoms with van der Waals surface area (Å²) in [5, 5.41) is 7.34. The van der Waals surface area contributed by atoms with E-state index in [1.54, 1.807) is 37.3 Å². The highest BCUT2D eigenvalue weighted by molar-refractivity contribution is 7.92. The van der Waals surface area contributed by atoms with Crippen LogP contribution in [0.5, 0.6) is 0 Å². The Morgan fingerprint density at radius 3 is 2.21 bits per heavy atom. The number of primary amides is 1. The normalized spacial score (nSPS) is 11.2. The average molecular weight is 545 g/mol. The fourth-order valence-electron chi connectivity index (χ4n) is 4.31. The Morgan fingerprint density at radius 2 is 1.62 bits per heavy atom. The van der Waals surface area contributed by atoms with E-state index in [-0.39, 0.29) is 35.9 Å². The number of carbonyl (C=O) groups excluding carboxylic acids is 1. The van der Waals surface area contributed by atoms with E-state index in [1.807, 2.05) is 30.3 Å². The molecule has 2 aromatic heterocycles. The monoisotopic (exact) mass is 544 g/mol. The molecule has 11 heteroatoms. The van der Waals surface area contributed by atoms with E-state index in [4.69, 9.17) is 16.9 Å². The Balaban J connectivity index is 1.93. The predicted molar refractivity (Wildman–Crippen MR) is 149 cm³/mol. The third-order valence-electron chi connectivity index (χ3n) is 6.30. The van der Waals surface area contributed by atoms with E-state index < -0.39 is 21.5 Å². The van der Waals surface area contributed by atoms with Crippen LogP contribution in [0.25, 0.3) is 0 Å². The maximum absolute atomic E-state index is 14.0. The fourth-order valence-corrected chi connectivity index (χ4v) is 5.35. The molecule has 1 amide bonds. The highest BCUT2D eigenvalue weighted by Gasteiger charge is 2.26. The zero-order valence-electron chi connectivity index (χ0n) is 21.2. The zero-order valence-corrected chi connectivity index (χ0v) is 22.0. The first-order valence-electron chi connectivity index (χ1n) is 12.0. The van der Waals surface area contributed by atoms with Gasteiger partial charge in [-0.3, -0.25) is 19.7 Å². The number of amides is 1. The number of carbonyl (C=O) groups is 1. The van der Waals surface area contributed by atoms with E-state index >= 15 is 0 Å². The van der Waals surface area contributed by atoms with Crippen molar-refractivity contribution in [3.8, 4) is 0 Å². The minimum absolute atomic E-state index is 0.0819. The molecular formula is C28H28N6O4S. The van der Waals surface area contributed by atoms with Crippen LogP contribution < -0.4 is 21.7 Å². The first-order valence-corrected chi connectivity index (χ1v) is 13.5. The van der Waals surface area contributed by atoms with Crippen LogP contribution in [0, 0.1) is 12.3 Å². The van der Waals surface area contributed by atoms with Crippen molar-refractivity contribution in [3.63, 3.8) is 0 Å². The molecule has 0 aliphatic rings. The van der Waals surface area contributed by atoms with Crippen LogP contribution in [-0.4, -0.2) is 29.7 Å². The summed E-state index contributed by atoms with van der Waals surface area (Å²) in [4.78, 5) is 30.1. The first kappa shape index (κ1) is 27.3. The van der Waals surface area contributed by atoms with Crippen molar-refractivity contribution in [3.05, 3.63) is 123 Å². The number of anilines is 1. The van der Waals surface area contributed by atoms with Crippen LogP contribution in [0.1, 0.15) is 33.5 Å². The molecule has 10 nitrogen and oxygen atoms in total. The number of hydrogen-bond donors (Lipinski definition) is 4.